The first kappa shape index (κ1) is 23.3. The summed E-state index contributed by atoms with van der Waals surface area (Å²) >= 11 is 0. The average Bonchev–Trinajstić information content (AvgIpc) is 2.70. The first-order chi connectivity index (χ1) is 13.9. The van der Waals surface area contributed by atoms with Crippen molar-refractivity contribution >= 4 is 6.16 Å². The minimum absolute atomic E-state index is 0.286. The van der Waals surface area contributed by atoms with Crippen LogP contribution in [0.3, 0.4) is 0 Å². The maximum absolute atomic E-state index is 12.0. The minimum atomic E-state index is -0.606. The molecule has 0 aliphatic heterocycles. The third kappa shape index (κ3) is 6.77. The highest BCUT2D eigenvalue weighted by atomic mass is 16.7. The Labute approximate surface area is 175 Å². The molecule has 162 valence electrons. The molecule has 1 fully saturated rings. The number of methoxy groups -OCH3 is 2. The predicted octanol–water partition coefficient (Wildman–Crippen LogP) is 5.77. The summed E-state index contributed by atoms with van der Waals surface area (Å²) in [5.41, 5.74) is 0.510. The van der Waals surface area contributed by atoms with E-state index in [1.54, 1.807) is 7.11 Å². The van der Waals surface area contributed by atoms with Gasteiger partial charge in [0.1, 0.15) is 11.4 Å². The van der Waals surface area contributed by atoms with Gasteiger partial charge in [-0.15, -0.1) is 0 Å². The van der Waals surface area contributed by atoms with E-state index in [2.05, 4.69) is 32.9 Å². The molecule has 5 nitrogen and oxygen atoms in total. The quantitative estimate of drug-likeness (QED) is 0.297. The van der Waals surface area contributed by atoms with E-state index < -0.39 is 11.8 Å². The molecule has 29 heavy (non-hydrogen) atoms. The third-order valence-electron chi connectivity index (χ3n) is 5.77. The second-order valence-corrected chi connectivity index (χ2v) is 8.34. The normalized spacial score (nSPS) is 24.6. The van der Waals surface area contributed by atoms with E-state index in [9.17, 15) is 4.79 Å². The highest BCUT2D eigenvalue weighted by Gasteiger charge is 2.46. The van der Waals surface area contributed by atoms with Crippen molar-refractivity contribution in [3.63, 3.8) is 0 Å². The number of ether oxygens (including phenoxy) is 4. The zero-order valence-corrected chi connectivity index (χ0v) is 18.5. The molecule has 3 atom stereocenters. The second-order valence-electron chi connectivity index (χ2n) is 8.34. The predicted molar refractivity (Wildman–Crippen MR) is 114 cm³/mol. The van der Waals surface area contributed by atoms with E-state index in [4.69, 9.17) is 18.9 Å². The van der Waals surface area contributed by atoms with E-state index in [1.165, 1.54) is 7.11 Å². The Morgan fingerprint density at radius 1 is 1.21 bits per heavy atom. The maximum Gasteiger partial charge on any atom is 0.508 e. The molecule has 0 radical (unpaired) electrons. The van der Waals surface area contributed by atoms with E-state index in [0.717, 1.165) is 37.0 Å². The lowest BCUT2D eigenvalue weighted by molar-refractivity contribution is -0.0753. The van der Waals surface area contributed by atoms with Gasteiger partial charge in [-0.3, -0.25) is 0 Å². The van der Waals surface area contributed by atoms with Crippen LogP contribution in [0.15, 0.2) is 36.4 Å². The van der Waals surface area contributed by atoms with Crippen molar-refractivity contribution in [2.75, 3.05) is 20.8 Å². The van der Waals surface area contributed by atoms with Gasteiger partial charge in [0, 0.05) is 5.92 Å². The van der Waals surface area contributed by atoms with Crippen molar-refractivity contribution in [1.82, 2.24) is 0 Å². The van der Waals surface area contributed by atoms with E-state index >= 15 is 0 Å². The van der Waals surface area contributed by atoms with Crippen LogP contribution >= 0.6 is 0 Å². The summed E-state index contributed by atoms with van der Waals surface area (Å²) in [7, 11) is 3.02. The van der Waals surface area contributed by atoms with Gasteiger partial charge < -0.3 is 18.9 Å². The molecule has 0 N–H and O–H groups in total. The molecular formula is C24H36O5. The molecule has 0 bridgehead atoms. The van der Waals surface area contributed by atoms with Crippen LogP contribution in [-0.4, -0.2) is 32.6 Å². The van der Waals surface area contributed by atoms with Crippen molar-refractivity contribution in [2.24, 2.45) is 17.8 Å². The maximum atomic E-state index is 12.0. The molecule has 1 aliphatic carbocycles. The van der Waals surface area contributed by atoms with Gasteiger partial charge in [-0.05, 0) is 54.9 Å². The fourth-order valence-electron chi connectivity index (χ4n) is 4.29. The van der Waals surface area contributed by atoms with Gasteiger partial charge in [-0.25, -0.2) is 4.79 Å². The first-order valence-electron chi connectivity index (χ1n) is 10.6. The van der Waals surface area contributed by atoms with Crippen molar-refractivity contribution < 1.29 is 23.7 Å². The van der Waals surface area contributed by atoms with E-state index in [1.807, 2.05) is 24.3 Å². The van der Waals surface area contributed by atoms with Gasteiger partial charge in [0.05, 0.1) is 27.4 Å². The van der Waals surface area contributed by atoms with Crippen LogP contribution < -0.4 is 4.74 Å². The molecule has 0 spiro atoms. The number of hydrogen-bond donors (Lipinski definition) is 0. The Kier molecular flexibility index (Phi) is 9.02. The molecule has 5 heteroatoms. The molecule has 1 aromatic rings. The Morgan fingerprint density at radius 3 is 2.55 bits per heavy atom. The van der Waals surface area contributed by atoms with Crippen LogP contribution in [0.5, 0.6) is 5.75 Å². The number of hydrogen-bond acceptors (Lipinski definition) is 5. The molecule has 1 saturated carbocycles. The van der Waals surface area contributed by atoms with Crippen LogP contribution in [0.2, 0.25) is 0 Å². The smallest absolute Gasteiger partial charge is 0.497 e. The molecule has 0 heterocycles. The van der Waals surface area contributed by atoms with Crippen LogP contribution in [0.25, 0.3) is 0 Å². The summed E-state index contributed by atoms with van der Waals surface area (Å²) in [5.74, 6) is 2.05. The van der Waals surface area contributed by atoms with Crippen LogP contribution in [-0.2, 0) is 20.8 Å². The Hall–Kier alpha value is -2.01. The summed E-state index contributed by atoms with van der Waals surface area (Å²) in [4.78, 5) is 12.0. The fourth-order valence-corrected chi connectivity index (χ4v) is 4.29. The lowest BCUT2D eigenvalue weighted by Crippen LogP contribution is -2.47. The Bertz CT molecular complexity index is 652. The zero-order valence-electron chi connectivity index (χ0n) is 18.5. The van der Waals surface area contributed by atoms with Crippen LogP contribution in [0.1, 0.15) is 52.0 Å². The van der Waals surface area contributed by atoms with Crippen LogP contribution in [0, 0.1) is 17.8 Å². The van der Waals surface area contributed by atoms with Gasteiger partial charge in [0.2, 0.25) is 0 Å². The second kappa shape index (κ2) is 11.2. The number of carbonyl (C=O) groups excluding carboxylic acids is 1. The van der Waals surface area contributed by atoms with Gasteiger partial charge >= 0.3 is 6.16 Å². The summed E-state index contributed by atoms with van der Waals surface area (Å²) in [6.07, 6.45) is 7.37. The fraction of sp³-hybridized carbons (Fsp3) is 0.625. The molecule has 0 saturated heterocycles. The minimum Gasteiger partial charge on any atom is -0.497 e. The van der Waals surface area contributed by atoms with Gasteiger partial charge in [0.15, 0.2) is 0 Å². The number of benzene rings is 1. The standard InChI is InChI=1S/C24H36O5/c1-18(2)22-13-8-19(3)16-24(22,29-23(25)27-5)14-6-7-15-28-17-20-9-11-21(26-4)12-10-20/h6,9-12,14,18-19,22H,7-8,13,15-17H2,1-5H3/b14-6+/t19-,22+,24+/m1/s1. The Morgan fingerprint density at radius 2 is 1.93 bits per heavy atom. The molecule has 0 unspecified atom stereocenters. The number of rotatable bonds is 9. The molecular weight excluding hydrogens is 368 g/mol. The highest BCUT2D eigenvalue weighted by molar-refractivity contribution is 5.60. The number of carbonyl (C=O) groups is 1. The van der Waals surface area contributed by atoms with Crippen molar-refractivity contribution in [1.29, 1.82) is 0 Å². The SMILES string of the molecule is COC(=O)O[C@@]1(/C=C/CCOCc2ccc(OC)cc2)C[C@H](C)CC[C@H]1C(C)C. The third-order valence-corrected chi connectivity index (χ3v) is 5.77. The summed E-state index contributed by atoms with van der Waals surface area (Å²) in [6, 6.07) is 7.88. The monoisotopic (exact) mass is 404 g/mol. The highest BCUT2D eigenvalue weighted by Crippen LogP contribution is 2.44. The van der Waals surface area contributed by atoms with E-state index in [-0.39, 0.29) is 5.92 Å². The molecule has 1 aliphatic rings. The van der Waals surface area contributed by atoms with Gasteiger partial charge in [-0.2, -0.15) is 0 Å². The van der Waals surface area contributed by atoms with Crippen molar-refractivity contribution in [2.45, 2.75) is 58.7 Å². The summed E-state index contributed by atoms with van der Waals surface area (Å²) in [6.45, 7) is 7.79. The topological polar surface area (TPSA) is 54.0 Å². The van der Waals surface area contributed by atoms with Crippen molar-refractivity contribution in [3.05, 3.63) is 42.0 Å². The first-order valence-corrected chi connectivity index (χ1v) is 10.6. The summed E-state index contributed by atoms with van der Waals surface area (Å²) in [5, 5.41) is 0. The molecule has 0 amide bonds. The van der Waals surface area contributed by atoms with Gasteiger partial charge in [0.25, 0.3) is 0 Å². The molecule has 2 rings (SSSR count). The van der Waals surface area contributed by atoms with Crippen molar-refractivity contribution in [3.8, 4) is 5.75 Å². The summed E-state index contributed by atoms with van der Waals surface area (Å²) < 4.78 is 21.6. The molecule has 0 aromatic heterocycles. The average molecular weight is 405 g/mol. The van der Waals surface area contributed by atoms with Gasteiger partial charge in [-0.1, -0.05) is 45.4 Å². The van der Waals surface area contributed by atoms with Crippen LogP contribution in [0.4, 0.5) is 4.79 Å². The Balaban J connectivity index is 1.94. The lowest BCUT2D eigenvalue weighted by atomic mass is 9.66. The lowest BCUT2D eigenvalue weighted by Gasteiger charge is -2.45. The zero-order chi connectivity index (χ0) is 21.3. The van der Waals surface area contributed by atoms with E-state index in [0.29, 0.717) is 25.0 Å². The largest absolute Gasteiger partial charge is 0.508 e. The molecule has 1 aromatic carbocycles.